The molecule has 2 N–H and O–H groups in total. The molecule has 0 atom stereocenters. The maximum Gasteiger partial charge on any atom is 0.340 e. The van der Waals surface area contributed by atoms with Gasteiger partial charge in [0.25, 0.3) is 11.6 Å². The van der Waals surface area contributed by atoms with E-state index < -0.39 is 23.4 Å². The van der Waals surface area contributed by atoms with E-state index in [1.807, 2.05) is 12.1 Å². The van der Waals surface area contributed by atoms with Crippen molar-refractivity contribution in [3.63, 3.8) is 0 Å². The summed E-state index contributed by atoms with van der Waals surface area (Å²) in [7, 11) is 0. The summed E-state index contributed by atoms with van der Waals surface area (Å²) < 4.78 is 5.20. The summed E-state index contributed by atoms with van der Waals surface area (Å²) >= 11 is 6.01. The number of non-ortho nitro benzene ring substituents is 1. The zero-order valence-corrected chi connectivity index (χ0v) is 18.2. The molecule has 0 bridgehead atoms. The number of halogens is 1. The number of ether oxygens (including phenoxy) is 1. The Bertz CT molecular complexity index is 1450. The number of amides is 1. The fourth-order valence-electron chi connectivity index (χ4n) is 3.35. The number of nitrogens with one attached hydrogen (secondary N) is 2. The Morgan fingerprint density at radius 2 is 1.71 bits per heavy atom. The Hall–Kier alpha value is -4.50. The van der Waals surface area contributed by atoms with Crippen molar-refractivity contribution in [3.05, 3.63) is 105 Å². The molecule has 3 aromatic carbocycles. The summed E-state index contributed by atoms with van der Waals surface area (Å²) in [5.41, 5.74) is 1.08. The van der Waals surface area contributed by atoms with E-state index in [2.05, 4.69) is 10.3 Å². The molecule has 4 aromatic rings. The standard InChI is InChI=1S/C24H16ClN3O6/c25-19-11-14(28(32)33)9-10-16(19)23(30)27-21-8-4-2-6-17(21)24(31)34-13-22(29)18-12-26-20-7-3-1-5-15(18)20/h1-12,26H,13H2,(H,27,30). The van der Waals surface area contributed by atoms with E-state index >= 15 is 0 Å². The number of ketones is 1. The number of fused-ring (bicyclic) bond motifs is 1. The van der Waals surface area contributed by atoms with E-state index in [1.54, 1.807) is 30.5 Å². The van der Waals surface area contributed by atoms with Gasteiger partial charge in [-0.2, -0.15) is 0 Å². The number of carbonyl (C=O) groups is 3. The van der Waals surface area contributed by atoms with Gasteiger partial charge in [-0.3, -0.25) is 19.7 Å². The van der Waals surface area contributed by atoms with E-state index in [9.17, 15) is 24.5 Å². The molecule has 170 valence electrons. The molecule has 0 spiro atoms. The zero-order chi connectivity index (χ0) is 24.2. The van der Waals surface area contributed by atoms with Crippen LogP contribution in [-0.4, -0.2) is 34.2 Å². The first-order valence-corrected chi connectivity index (χ1v) is 10.3. The van der Waals surface area contributed by atoms with Gasteiger partial charge in [0.2, 0.25) is 5.78 Å². The number of nitro benzene ring substituents is 1. The molecule has 1 aromatic heterocycles. The number of nitro groups is 1. The number of hydrogen-bond acceptors (Lipinski definition) is 6. The van der Waals surface area contributed by atoms with Gasteiger partial charge in [0.15, 0.2) is 6.61 Å². The van der Waals surface area contributed by atoms with Crippen molar-refractivity contribution in [2.75, 3.05) is 11.9 Å². The first kappa shape index (κ1) is 22.7. The predicted molar refractivity (Wildman–Crippen MR) is 125 cm³/mol. The second-order valence-electron chi connectivity index (χ2n) is 7.17. The molecule has 0 fully saturated rings. The van der Waals surface area contributed by atoms with Crippen molar-refractivity contribution in [1.82, 2.24) is 4.98 Å². The molecular formula is C24H16ClN3O6. The minimum absolute atomic E-state index is 0.00930. The highest BCUT2D eigenvalue weighted by Gasteiger charge is 2.20. The molecule has 1 amide bonds. The lowest BCUT2D eigenvalue weighted by molar-refractivity contribution is -0.384. The maximum atomic E-state index is 12.7. The molecular weight excluding hydrogens is 462 g/mol. The molecule has 34 heavy (non-hydrogen) atoms. The van der Waals surface area contributed by atoms with Crippen LogP contribution in [0.2, 0.25) is 5.02 Å². The number of hydrogen-bond donors (Lipinski definition) is 2. The van der Waals surface area contributed by atoms with Gasteiger partial charge >= 0.3 is 5.97 Å². The van der Waals surface area contributed by atoms with Crippen molar-refractivity contribution in [1.29, 1.82) is 0 Å². The summed E-state index contributed by atoms with van der Waals surface area (Å²) in [4.78, 5) is 51.1. The van der Waals surface area contributed by atoms with Crippen LogP contribution in [0.25, 0.3) is 10.9 Å². The minimum Gasteiger partial charge on any atom is -0.454 e. The van der Waals surface area contributed by atoms with Gasteiger partial charge in [-0.05, 0) is 24.3 Å². The van der Waals surface area contributed by atoms with Gasteiger partial charge < -0.3 is 15.0 Å². The third-order valence-corrected chi connectivity index (χ3v) is 5.34. The highest BCUT2D eigenvalue weighted by Crippen LogP contribution is 2.25. The van der Waals surface area contributed by atoms with Crippen LogP contribution in [0.1, 0.15) is 31.1 Å². The van der Waals surface area contributed by atoms with Crippen LogP contribution < -0.4 is 5.32 Å². The number of nitrogens with zero attached hydrogens (tertiary/aromatic N) is 1. The van der Waals surface area contributed by atoms with Gasteiger partial charge in [0.05, 0.1) is 26.8 Å². The Kier molecular flexibility index (Phi) is 6.37. The zero-order valence-electron chi connectivity index (χ0n) is 17.4. The molecule has 4 rings (SSSR count). The predicted octanol–water partition coefficient (Wildman–Crippen LogP) is 5.02. The summed E-state index contributed by atoms with van der Waals surface area (Å²) in [6.45, 7) is -0.489. The summed E-state index contributed by atoms with van der Waals surface area (Å²) in [6, 6.07) is 16.8. The van der Waals surface area contributed by atoms with E-state index in [4.69, 9.17) is 16.3 Å². The molecule has 0 unspecified atom stereocenters. The molecule has 0 aliphatic carbocycles. The molecule has 0 radical (unpaired) electrons. The number of para-hydroxylation sites is 2. The topological polar surface area (TPSA) is 131 Å². The maximum absolute atomic E-state index is 12.7. The average molecular weight is 478 g/mol. The second-order valence-corrected chi connectivity index (χ2v) is 7.58. The first-order valence-electron chi connectivity index (χ1n) is 9.96. The molecule has 0 aliphatic rings. The van der Waals surface area contributed by atoms with Crippen LogP contribution in [0.5, 0.6) is 0 Å². The number of esters is 1. The molecule has 10 heteroatoms. The summed E-state index contributed by atoms with van der Waals surface area (Å²) in [5.74, 6) is -1.86. The van der Waals surface area contributed by atoms with Crippen LogP contribution in [-0.2, 0) is 4.74 Å². The third kappa shape index (κ3) is 4.64. The molecule has 0 aliphatic heterocycles. The Labute approximate surface area is 197 Å². The van der Waals surface area contributed by atoms with Crippen molar-refractivity contribution < 1.29 is 24.0 Å². The van der Waals surface area contributed by atoms with E-state index in [0.29, 0.717) is 5.56 Å². The van der Waals surface area contributed by atoms with Gasteiger partial charge in [-0.1, -0.05) is 41.9 Å². The third-order valence-electron chi connectivity index (χ3n) is 5.03. The second kappa shape index (κ2) is 9.55. The quantitative estimate of drug-likeness (QED) is 0.166. The Morgan fingerprint density at radius 3 is 2.47 bits per heavy atom. The number of aromatic nitrogens is 1. The van der Waals surface area contributed by atoms with E-state index in [0.717, 1.165) is 23.0 Å². The van der Waals surface area contributed by atoms with Gasteiger partial charge in [-0.15, -0.1) is 0 Å². The number of rotatable bonds is 7. The lowest BCUT2D eigenvalue weighted by Crippen LogP contribution is -2.18. The van der Waals surface area contributed by atoms with Crippen molar-refractivity contribution in [3.8, 4) is 0 Å². The molecule has 0 saturated heterocycles. The number of H-pyrrole nitrogens is 1. The normalized spacial score (nSPS) is 10.6. The lowest BCUT2D eigenvalue weighted by Gasteiger charge is -2.11. The molecule has 9 nitrogen and oxygen atoms in total. The van der Waals surface area contributed by atoms with Crippen LogP contribution in [0, 0.1) is 10.1 Å². The number of aromatic amines is 1. The van der Waals surface area contributed by atoms with E-state index in [1.165, 1.54) is 18.2 Å². The number of benzene rings is 3. The SMILES string of the molecule is O=C(Nc1ccccc1C(=O)OCC(=O)c1c[nH]c2ccccc12)c1ccc([N+](=O)[O-])cc1Cl. The van der Waals surface area contributed by atoms with Crippen molar-refractivity contribution >= 4 is 51.5 Å². The largest absolute Gasteiger partial charge is 0.454 e. The Morgan fingerprint density at radius 1 is 0.971 bits per heavy atom. The van der Waals surface area contributed by atoms with E-state index in [-0.39, 0.29) is 33.3 Å². The summed E-state index contributed by atoms with van der Waals surface area (Å²) in [6.07, 6.45) is 1.56. The monoisotopic (exact) mass is 477 g/mol. The smallest absolute Gasteiger partial charge is 0.340 e. The van der Waals surface area contributed by atoms with Crippen LogP contribution in [0.3, 0.4) is 0 Å². The molecule has 0 saturated carbocycles. The van der Waals surface area contributed by atoms with Crippen LogP contribution >= 0.6 is 11.6 Å². The fourth-order valence-corrected chi connectivity index (χ4v) is 3.61. The lowest BCUT2D eigenvalue weighted by atomic mass is 10.1. The number of anilines is 1. The molecule has 1 heterocycles. The number of Topliss-reactive ketones (excluding diaryl/α,β-unsaturated/α-hetero) is 1. The van der Waals surface area contributed by atoms with Crippen molar-refractivity contribution in [2.45, 2.75) is 0 Å². The average Bonchev–Trinajstić information content (AvgIpc) is 3.27. The van der Waals surface area contributed by atoms with Crippen LogP contribution in [0.4, 0.5) is 11.4 Å². The van der Waals surface area contributed by atoms with Gasteiger partial charge in [0, 0.05) is 34.8 Å². The minimum atomic E-state index is -0.807. The Balaban J connectivity index is 1.47. The highest BCUT2D eigenvalue weighted by molar-refractivity contribution is 6.34. The van der Waals surface area contributed by atoms with Crippen molar-refractivity contribution in [2.24, 2.45) is 0 Å². The highest BCUT2D eigenvalue weighted by atomic mass is 35.5. The summed E-state index contributed by atoms with van der Waals surface area (Å²) in [5, 5.41) is 14.0. The van der Waals surface area contributed by atoms with Gasteiger partial charge in [-0.25, -0.2) is 4.79 Å². The first-order chi connectivity index (χ1) is 16.3. The van der Waals surface area contributed by atoms with Gasteiger partial charge in [0.1, 0.15) is 0 Å². The number of carbonyl (C=O) groups excluding carboxylic acids is 3. The fraction of sp³-hybridized carbons (Fsp3) is 0.0417. The van der Waals surface area contributed by atoms with Crippen LogP contribution in [0.15, 0.2) is 72.9 Å².